The Morgan fingerprint density at radius 3 is 1.88 bits per heavy atom. The number of rotatable bonds is 5. The van der Waals surface area contributed by atoms with Gasteiger partial charge in [-0.05, 0) is 59.8 Å². The lowest BCUT2D eigenvalue weighted by atomic mass is 9.76. The van der Waals surface area contributed by atoms with Crippen molar-refractivity contribution in [3.05, 3.63) is 101 Å². The van der Waals surface area contributed by atoms with Crippen LogP contribution in [0.5, 0.6) is 0 Å². The van der Waals surface area contributed by atoms with Gasteiger partial charge in [-0.2, -0.15) is 0 Å². The van der Waals surface area contributed by atoms with Gasteiger partial charge in [0.05, 0.1) is 0 Å². The fourth-order valence-corrected chi connectivity index (χ4v) is 5.64. The van der Waals surface area contributed by atoms with Crippen molar-refractivity contribution in [1.29, 1.82) is 0 Å². The van der Waals surface area contributed by atoms with Crippen LogP contribution in [-0.4, -0.2) is 24.7 Å². The van der Waals surface area contributed by atoms with E-state index in [1.165, 1.54) is 46.3 Å². The van der Waals surface area contributed by atoms with Crippen LogP contribution in [0.1, 0.15) is 59.4 Å². The molecule has 0 saturated heterocycles. The first-order valence-corrected chi connectivity index (χ1v) is 12.2. The van der Waals surface area contributed by atoms with E-state index in [1.807, 2.05) is 0 Å². The van der Waals surface area contributed by atoms with Gasteiger partial charge >= 0.3 is 0 Å². The zero-order valence-electron chi connectivity index (χ0n) is 18.7. The molecule has 32 heavy (non-hydrogen) atoms. The standard InChI is InChI=1S/C28H31N3S/c1-2-29-28(32)30-19-20-17-25-23(21-9-5-3-6-10-21)13-15-31-16-14-24(26(18-20)27(25)31)22-11-7-4-8-12-22/h3-12,17-18,23-24H,2,13-16,19H2,1H3,(H2,29,30,32). The molecule has 2 heterocycles. The van der Waals surface area contributed by atoms with Gasteiger partial charge in [-0.1, -0.05) is 72.8 Å². The van der Waals surface area contributed by atoms with Crippen molar-refractivity contribution in [2.75, 3.05) is 24.5 Å². The molecular formula is C28H31N3S. The lowest BCUT2D eigenvalue weighted by molar-refractivity contribution is 0.569. The monoisotopic (exact) mass is 441 g/mol. The summed E-state index contributed by atoms with van der Waals surface area (Å²) >= 11 is 5.43. The van der Waals surface area contributed by atoms with E-state index in [-0.39, 0.29) is 0 Å². The molecule has 3 aromatic rings. The van der Waals surface area contributed by atoms with Crippen LogP contribution in [0.2, 0.25) is 0 Å². The Bertz CT molecular complexity index is 1010. The van der Waals surface area contributed by atoms with Crippen molar-refractivity contribution >= 4 is 23.0 Å². The predicted octanol–water partition coefficient (Wildman–Crippen LogP) is 5.55. The maximum Gasteiger partial charge on any atom is 0.166 e. The third kappa shape index (κ3) is 4.12. The van der Waals surface area contributed by atoms with E-state index in [0.29, 0.717) is 11.8 Å². The Morgan fingerprint density at radius 2 is 1.38 bits per heavy atom. The highest BCUT2D eigenvalue weighted by atomic mass is 32.1. The minimum absolute atomic E-state index is 0.441. The van der Waals surface area contributed by atoms with Crippen LogP contribution in [0.3, 0.4) is 0 Å². The Balaban J connectivity index is 1.60. The van der Waals surface area contributed by atoms with Crippen LogP contribution < -0.4 is 15.5 Å². The van der Waals surface area contributed by atoms with E-state index in [0.717, 1.165) is 31.3 Å². The molecule has 3 nitrogen and oxygen atoms in total. The summed E-state index contributed by atoms with van der Waals surface area (Å²) in [7, 11) is 0. The second kappa shape index (κ2) is 9.33. The molecule has 164 valence electrons. The number of thiocarbonyl (C=S) groups is 1. The lowest BCUT2D eigenvalue weighted by Crippen LogP contribution is -2.38. The molecule has 0 fully saturated rings. The summed E-state index contributed by atoms with van der Waals surface area (Å²) in [6, 6.07) is 26.9. The van der Waals surface area contributed by atoms with Gasteiger partial charge in [0.2, 0.25) is 0 Å². The predicted molar refractivity (Wildman–Crippen MR) is 138 cm³/mol. The summed E-state index contributed by atoms with van der Waals surface area (Å²) in [6.45, 7) is 5.91. The Hall–Kier alpha value is -2.85. The van der Waals surface area contributed by atoms with Gasteiger partial charge in [-0.25, -0.2) is 0 Å². The second-order valence-electron chi connectivity index (χ2n) is 8.83. The van der Waals surface area contributed by atoms with E-state index in [2.05, 4.69) is 95.3 Å². The van der Waals surface area contributed by atoms with Crippen molar-refractivity contribution in [3.8, 4) is 0 Å². The molecule has 0 radical (unpaired) electrons. The summed E-state index contributed by atoms with van der Waals surface area (Å²) in [4.78, 5) is 2.63. The number of anilines is 1. The lowest BCUT2D eigenvalue weighted by Gasteiger charge is -2.43. The molecule has 2 aliphatic heterocycles. The quantitative estimate of drug-likeness (QED) is 0.508. The first-order valence-electron chi connectivity index (χ1n) is 11.8. The minimum Gasteiger partial charge on any atom is -0.371 e. The van der Waals surface area contributed by atoms with Crippen LogP contribution in [0.4, 0.5) is 5.69 Å². The Kier molecular flexibility index (Phi) is 6.13. The van der Waals surface area contributed by atoms with E-state index in [1.54, 1.807) is 0 Å². The topological polar surface area (TPSA) is 27.3 Å². The number of hydrogen-bond donors (Lipinski definition) is 2. The van der Waals surface area contributed by atoms with Gasteiger partial charge in [0.15, 0.2) is 5.11 Å². The molecule has 2 N–H and O–H groups in total. The Labute approximate surface area is 196 Å². The van der Waals surface area contributed by atoms with Crippen LogP contribution in [0.25, 0.3) is 0 Å². The molecule has 0 amide bonds. The fraction of sp³-hybridized carbons (Fsp3) is 0.321. The van der Waals surface area contributed by atoms with Crippen molar-refractivity contribution in [2.24, 2.45) is 0 Å². The molecule has 0 saturated carbocycles. The van der Waals surface area contributed by atoms with Crippen molar-refractivity contribution in [2.45, 2.75) is 38.1 Å². The first kappa shape index (κ1) is 21.0. The fourth-order valence-electron chi connectivity index (χ4n) is 5.43. The molecule has 2 unspecified atom stereocenters. The molecule has 0 bridgehead atoms. The SMILES string of the molecule is CCNC(=S)NCc1cc2c3c(c1)C(c1ccccc1)CCN3CCC2c1ccccc1. The normalized spacial score (nSPS) is 19.2. The number of nitrogens with one attached hydrogen (secondary N) is 2. The minimum atomic E-state index is 0.441. The first-order chi connectivity index (χ1) is 15.7. The van der Waals surface area contributed by atoms with Crippen molar-refractivity contribution in [3.63, 3.8) is 0 Å². The van der Waals surface area contributed by atoms with Crippen molar-refractivity contribution in [1.82, 2.24) is 10.6 Å². The summed E-state index contributed by atoms with van der Waals surface area (Å²) in [5, 5.41) is 7.33. The average molecular weight is 442 g/mol. The summed E-state index contributed by atoms with van der Waals surface area (Å²) < 4.78 is 0. The highest BCUT2D eigenvalue weighted by Gasteiger charge is 2.34. The van der Waals surface area contributed by atoms with Crippen LogP contribution >= 0.6 is 12.2 Å². The maximum atomic E-state index is 5.43. The zero-order chi connectivity index (χ0) is 21.9. The van der Waals surface area contributed by atoms with Gasteiger partial charge in [-0.15, -0.1) is 0 Å². The van der Waals surface area contributed by atoms with Gasteiger partial charge in [0.25, 0.3) is 0 Å². The average Bonchev–Trinajstić information content (AvgIpc) is 2.84. The summed E-state index contributed by atoms with van der Waals surface area (Å²) in [5.74, 6) is 0.882. The van der Waals surface area contributed by atoms with E-state index >= 15 is 0 Å². The van der Waals surface area contributed by atoms with Gasteiger partial charge in [0.1, 0.15) is 0 Å². The molecule has 2 aliphatic rings. The van der Waals surface area contributed by atoms with Crippen molar-refractivity contribution < 1.29 is 0 Å². The van der Waals surface area contributed by atoms with Crippen LogP contribution in [0, 0.1) is 0 Å². The van der Waals surface area contributed by atoms with E-state index in [9.17, 15) is 0 Å². The largest absolute Gasteiger partial charge is 0.371 e. The molecule has 0 aliphatic carbocycles. The van der Waals surface area contributed by atoms with Crippen LogP contribution in [-0.2, 0) is 6.54 Å². The highest BCUT2D eigenvalue weighted by molar-refractivity contribution is 7.80. The molecule has 4 heteroatoms. The summed E-state index contributed by atoms with van der Waals surface area (Å²) in [6.07, 6.45) is 2.33. The molecule has 0 spiro atoms. The molecule has 0 aromatic heterocycles. The third-order valence-electron chi connectivity index (χ3n) is 6.87. The van der Waals surface area contributed by atoms with Gasteiger partial charge in [-0.3, -0.25) is 0 Å². The number of hydrogen-bond acceptors (Lipinski definition) is 2. The third-order valence-corrected chi connectivity index (χ3v) is 7.15. The maximum absolute atomic E-state index is 5.43. The summed E-state index contributed by atoms with van der Waals surface area (Å²) in [5.41, 5.74) is 8.58. The number of benzene rings is 3. The highest BCUT2D eigenvalue weighted by Crippen LogP contribution is 2.48. The molecule has 3 aromatic carbocycles. The van der Waals surface area contributed by atoms with Gasteiger partial charge < -0.3 is 15.5 Å². The number of nitrogens with zero attached hydrogens (tertiary/aromatic N) is 1. The van der Waals surface area contributed by atoms with E-state index < -0.39 is 0 Å². The molecular weight excluding hydrogens is 410 g/mol. The second-order valence-corrected chi connectivity index (χ2v) is 9.24. The zero-order valence-corrected chi connectivity index (χ0v) is 19.5. The van der Waals surface area contributed by atoms with E-state index in [4.69, 9.17) is 12.2 Å². The Morgan fingerprint density at radius 1 is 0.844 bits per heavy atom. The van der Waals surface area contributed by atoms with Crippen LogP contribution in [0.15, 0.2) is 72.8 Å². The molecule has 2 atom stereocenters. The van der Waals surface area contributed by atoms with Gasteiger partial charge in [0, 0.05) is 43.7 Å². The molecule has 5 rings (SSSR count). The smallest absolute Gasteiger partial charge is 0.166 e.